The molecule has 0 saturated carbocycles. The Morgan fingerprint density at radius 1 is 1.14 bits per heavy atom. The summed E-state index contributed by atoms with van der Waals surface area (Å²) in [5, 5.41) is 19.7. The second-order valence-electron chi connectivity index (χ2n) is 7.31. The molecule has 0 radical (unpaired) electrons. The van der Waals surface area contributed by atoms with Gasteiger partial charge in [-0.3, -0.25) is 0 Å². The van der Waals surface area contributed by atoms with Crippen LogP contribution in [0.4, 0.5) is 21.6 Å². The van der Waals surface area contributed by atoms with Crippen LogP contribution in [-0.4, -0.2) is 51.0 Å². The van der Waals surface area contributed by atoms with E-state index in [1.165, 1.54) is 6.20 Å². The van der Waals surface area contributed by atoms with Crippen molar-refractivity contribution >= 4 is 33.7 Å². The van der Waals surface area contributed by atoms with Crippen molar-refractivity contribution < 1.29 is 4.39 Å². The molecule has 1 aromatic carbocycles. The fourth-order valence-corrected chi connectivity index (χ4v) is 3.78. The van der Waals surface area contributed by atoms with Crippen molar-refractivity contribution in [2.75, 3.05) is 36.4 Å². The summed E-state index contributed by atoms with van der Waals surface area (Å²) in [5.41, 5.74) is 4.54. The number of hydrogen-bond donors (Lipinski definition) is 2. The van der Waals surface area contributed by atoms with Crippen LogP contribution in [0.15, 0.2) is 30.6 Å². The number of nitrogens with one attached hydrogen (secondary N) is 2. The van der Waals surface area contributed by atoms with Gasteiger partial charge in [-0.25, -0.2) is 13.9 Å². The van der Waals surface area contributed by atoms with Crippen LogP contribution < -0.4 is 15.5 Å². The zero-order chi connectivity index (χ0) is 20.0. The molecule has 5 rings (SSSR count). The molecule has 1 aliphatic rings. The van der Waals surface area contributed by atoms with Gasteiger partial charge in [-0.15, -0.1) is 5.10 Å². The number of hydrogen-bond acceptors (Lipinski definition) is 7. The lowest BCUT2D eigenvalue weighted by molar-refractivity contribution is 0.586. The first kappa shape index (κ1) is 17.7. The second-order valence-corrected chi connectivity index (χ2v) is 7.31. The molecule has 0 unspecified atom stereocenters. The van der Waals surface area contributed by atoms with Gasteiger partial charge in [0.2, 0.25) is 0 Å². The Bertz CT molecular complexity index is 1210. The molecule has 29 heavy (non-hydrogen) atoms. The minimum absolute atomic E-state index is 0.329. The van der Waals surface area contributed by atoms with E-state index in [9.17, 15) is 0 Å². The van der Waals surface area contributed by atoms with Gasteiger partial charge in [0.05, 0.1) is 29.2 Å². The Kier molecular flexibility index (Phi) is 4.24. The molecule has 8 nitrogen and oxygen atoms in total. The van der Waals surface area contributed by atoms with E-state index in [-0.39, 0.29) is 5.82 Å². The average molecular weight is 392 g/mol. The quantitative estimate of drug-likeness (QED) is 0.554. The SMILES string of the molecule is Cc1cn2nc(Nc3cnnc4cc(N5CCNCC5)cc(F)c34)cc(C)c2n1. The van der Waals surface area contributed by atoms with Crippen LogP contribution >= 0.6 is 0 Å². The number of anilines is 3. The molecule has 3 aromatic heterocycles. The summed E-state index contributed by atoms with van der Waals surface area (Å²) in [5.74, 6) is 0.261. The van der Waals surface area contributed by atoms with E-state index < -0.39 is 0 Å². The molecule has 1 fully saturated rings. The highest BCUT2D eigenvalue weighted by Crippen LogP contribution is 2.30. The van der Waals surface area contributed by atoms with Crippen LogP contribution in [0, 0.1) is 19.7 Å². The molecule has 0 atom stereocenters. The first-order chi connectivity index (χ1) is 14.1. The zero-order valence-electron chi connectivity index (χ0n) is 16.3. The first-order valence-corrected chi connectivity index (χ1v) is 9.60. The van der Waals surface area contributed by atoms with E-state index in [2.05, 4.69) is 35.8 Å². The molecule has 0 aliphatic carbocycles. The van der Waals surface area contributed by atoms with Gasteiger partial charge in [-0.1, -0.05) is 0 Å². The highest BCUT2D eigenvalue weighted by molar-refractivity contribution is 5.94. The Balaban J connectivity index is 1.55. The Labute approximate surface area is 166 Å². The highest BCUT2D eigenvalue weighted by Gasteiger charge is 2.16. The Morgan fingerprint density at radius 2 is 1.97 bits per heavy atom. The van der Waals surface area contributed by atoms with Crippen LogP contribution in [-0.2, 0) is 0 Å². The van der Waals surface area contributed by atoms with Crippen molar-refractivity contribution in [3.8, 4) is 0 Å². The van der Waals surface area contributed by atoms with E-state index in [0.717, 1.165) is 48.8 Å². The Morgan fingerprint density at radius 3 is 2.79 bits per heavy atom. The molecule has 9 heteroatoms. The number of rotatable bonds is 3. The summed E-state index contributed by atoms with van der Waals surface area (Å²) in [6.45, 7) is 7.33. The number of aromatic nitrogens is 5. The lowest BCUT2D eigenvalue weighted by Gasteiger charge is -2.29. The van der Waals surface area contributed by atoms with Crippen molar-refractivity contribution in [1.82, 2.24) is 30.1 Å². The van der Waals surface area contributed by atoms with Crippen LogP contribution in [0.2, 0.25) is 0 Å². The molecule has 1 aliphatic heterocycles. The topological polar surface area (TPSA) is 83.3 Å². The molecule has 4 heterocycles. The summed E-state index contributed by atoms with van der Waals surface area (Å²) in [4.78, 5) is 6.61. The summed E-state index contributed by atoms with van der Waals surface area (Å²) in [6, 6.07) is 5.35. The molecular weight excluding hydrogens is 371 g/mol. The maximum atomic E-state index is 15.1. The van der Waals surface area contributed by atoms with E-state index in [4.69, 9.17) is 0 Å². The number of nitrogens with zero attached hydrogens (tertiary/aromatic N) is 6. The number of piperazine rings is 1. The molecular formula is C20H21FN8. The van der Waals surface area contributed by atoms with Crippen LogP contribution in [0.25, 0.3) is 16.6 Å². The third kappa shape index (κ3) is 3.23. The lowest BCUT2D eigenvalue weighted by atomic mass is 10.1. The van der Waals surface area contributed by atoms with E-state index in [0.29, 0.717) is 22.4 Å². The number of fused-ring (bicyclic) bond motifs is 2. The predicted octanol–water partition coefficient (Wildman–Crippen LogP) is 2.58. The molecule has 2 N–H and O–H groups in total. The second kappa shape index (κ2) is 6.93. The third-order valence-electron chi connectivity index (χ3n) is 5.15. The molecule has 0 bridgehead atoms. The van der Waals surface area contributed by atoms with Gasteiger partial charge in [0.25, 0.3) is 0 Å². The summed E-state index contributed by atoms with van der Waals surface area (Å²) in [6.07, 6.45) is 3.38. The van der Waals surface area contributed by atoms with Gasteiger partial charge in [-0.2, -0.15) is 10.2 Å². The zero-order valence-corrected chi connectivity index (χ0v) is 16.3. The minimum atomic E-state index is -0.329. The average Bonchev–Trinajstić information content (AvgIpc) is 3.09. The van der Waals surface area contributed by atoms with Gasteiger partial charge in [0.1, 0.15) is 11.3 Å². The molecule has 1 saturated heterocycles. The van der Waals surface area contributed by atoms with Gasteiger partial charge < -0.3 is 15.5 Å². The fourth-order valence-electron chi connectivity index (χ4n) is 3.78. The number of halogens is 1. The largest absolute Gasteiger partial charge is 0.369 e. The summed E-state index contributed by atoms with van der Waals surface area (Å²) >= 11 is 0. The summed E-state index contributed by atoms with van der Waals surface area (Å²) < 4.78 is 16.8. The van der Waals surface area contributed by atoms with Crippen molar-refractivity contribution in [1.29, 1.82) is 0 Å². The maximum Gasteiger partial charge on any atom is 0.156 e. The van der Waals surface area contributed by atoms with Crippen LogP contribution in [0.1, 0.15) is 11.3 Å². The monoisotopic (exact) mass is 392 g/mol. The maximum absolute atomic E-state index is 15.1. The summed E-state index contributed by atoms with van der Waals surface area (Å²) in [7, 11) is 0. The molecule has 0 spiro atoms. The van der Waals surface area contributed by atoms with E-state index >= 15 is 4.39 Å². The van der Waals surface area contributed by atoms with Gasteiger partial charge >= 0.3 is 0 Å². The van der Waals surface area contributed by atoms with Gasteiger partial charge in [0, 0.05) is 31.9 Å². The number of benzene rings is 1. The Hall–Kier alpha value is -3.33. The minimum Gasteiger partial charge on any atom is -0.369 e. The predicted molar refractivity (Wildman–Crippen MR) is 110 cm³/mol. The smallest absolute Gasteiger partial charge is 0.156 e. The number of aryl methyl sites for hydroxylation is 2. The molecule has 4 aromatic rings. The van der Waals surface area contributed by atoms with E-state index in [1.54, 1.807) is 10.6 Å². The van der Waals surface area contributed by atoms with Crippen molar-refractivity contribution in [2.24, 2.45) is 0 Å². The van der Waals surface area contributed by atoms with Gasteiger partial charge in [0.15, 0.2) is 11.5 Å². The van der Waals surface area contributed by atoms with Crippen LogP contribution in [0.3, 0.4) is 0 Å². The lowest BCUT2D eigenvalue weighted by Crippen LogP contribution is -2.43. The van der Waals surface area contributed by atoms with Gasteiger partial charge in [-0.05, 0) is 37.6 Å². The van der Waals surface area contributed by atoms with Crippen LogP contribution in [0.5, 0.6) is 0 Å². The molecule has 0 amide bonds. The normalized spacial score (nSPS) is 14.7. The van der Waals surface area contributed by atoms with Crippen molar-refractivity contribution in [3.63, 3.8) is 0 Å². The molecule has 148 valence electrons. The van der Waals surface area contributed by atoms with Crippen molar-refractivity contribution in [3.05, 3.63) is 47.7 Å². The standard InChI is InChI=1S/C20H21FN8/c1-12-7-18(27-29-11-13(2)24-20(12)29)25-17-10-23-26-16-9-14(8-15(21)19(16)17)28-5-3-22-4-6-28/h7-11,22H,3-6H2,1-2H3,(H,25,26,27). The number of imidazole rings is 1. The van der Waals surface area contributed by atoms with E-state index in [1.807, 2.05) is 32.2 Å². The third-order valence-corrected chi connectivity index (χ3v) is 5.15. The highest BCUT2D eigenvalue weighted by atomic mass is 19.1. The fraction of sp³-hybridized carbons (Fsp3) is 0.300. The van der Waals surface area contributed by atoms with Crippen molar-refractivity contribution in [2.45, 2.75) is 13.8 Å². The first-order valence-electron chi connectivity index (χ1n) is 9.60.